The van der Waals surface area contributed by atoms with Crippen LogP contribution in [0.3, 0.4) is 0 Å². The Bertz CT molecular complexity index is 639. The highest BCUT2D eigenvalue weighted by atomic mass is 127. The Morgan fingerprint density at radius 3 is 2.70 bits per heavy atom. The van der Waals surface area contributed by atoms with E-state index in [2.05, 4.69) is 27.9 Å². The molecule has 0 saturated carbocycles. The highest BCUT2D eigenvalue weighted by molar-refractivity contribution is 14.1. The van der Waals surface area contributed by atoms with Crippen molar-refractivity contribution in [1.29, 1.82) is 0 Å². The van der Waals surface area contributed by atoms with Gasteiger partial charge in [0.2, 0.25) is 0 Å². The smallest absolute Gasteiger partial charge is 0.341 e. The minimum Gasteiger partial charge on any atom is -0.462 e. The summed E-state index contributed by atoms with van der Waals surface area (Å²) in [5.41, 5.74) is 0.965. The Morgan fingerprint density at radius 1 is 1.25 bits per heavy atom. The summed E-state index contributed by atoms with van der Waals surface area (Å²) in [6.07, 6.45) is 0. The lowest BCUT2D eigenvalue weighted by Gasteiger charge is -2.07. The maximum atomic E-state index is 12.2. The number of halogens is 1. The highest BCUT2D eigenvalue weighted by Gasteiger charge is 2.17. The summed E-state index contributed by atoms with van der Waals surface area (Å²) in [5, 5.41) is 5.02. The number of benzene rings is 1. The van der Waals surface area contributed by atoms with E-state index in [4.69, 9.17) is 4.74 Å². The van der Waals surface area contributed by atoms with Crippen LogP contribution in [0.25, 0.3) is 0 Å². The molecule has 1 N–H and O–H groups in total. The quantitative estimate of drug-likeness (QED) is 0.627. The van der Waals surface area contributed by atoms with Crippen molar-refractivity contribution < 1.29 is 14.3 Å². The monoisotopic (exact) mass is 401 g/mol. The normalized spacial score (nSPS) is 10.1. The van der Waals surface area contributed by atoms with Crippen molar-refractivity contribution >= 4 is 50.8 Å². The molecule has 1 heterocycles. The van der Waals surface area contributed by atoms with Gasteiger partial charge in [-0.1, -0.05) is 12.1 Å². The Hall–Kier alpha value is -1.41. The lowest BCUT2D eigenvalue weighted by atomic mass is 10.2. The van der Waals surface area contributed by atoms with Crippen molar-refractivity contribution in [2.75, 3.05) is 11.9 Å². The molecule has 0 saturated heterocycles. The van der Waals surface area contributed by atoms with Crippen molar-refractivity contribution in [3.63, 3.8) is 0 Å². The summed E-state index contributed by atoms with van der Waals surface area (Å²) in [4.78, 5) is 23.9. The lowest BCUT2D eigenvalue weighted by Crippen LogP contribution is -2.15. The molecule has 0 aliphatic carbocycles. The van der Waals surface area contributed by atoms with E-state index >= 15 is 0 Å². The molecule has 1 amide bonds. The molecule has 2 aromatic rings. The first-order valence-electron chi connectivity index (χ1n) is 5.94. The van der Waals surface area contributed by atoms with Gasteiger partial charge in [0.05, 0.1) is 17.7 Å². The van der Waals surface area contributed by atoms with Crippen LogP contribution in [0, 0.1) is 3.57 Å². The van der Waals surface area contributed by atoms with Crippen LogP contribution in [0.2, 0.25) is 0 Å². The molecule has 0 atom stereocenters. The van der Waals surface area contributed by atoms with Crippen molar-refractivity contribution in [3.05, 3.63) is 50.4 Å². The molecule has 4 nitrogen and oxygen atoms in total. The van der Waals surface area contributed by atoms with Crippen molar-refractivity contribution in [2.24, 2.45) is 0 Å². The van der Waals surface area contributed by atoms with Gasteiger partial charge in [0.25, 0.3) is 5.91 Å². The van der Waals surface area contributed by atoms with E-state index in [9.17, 15) is 9.59 Å². The van der Waals surface area contributed by atoms with Crippen molar-refractivity contribution in [1.82, 2.24) is 0 Å². The van der Waals surface area contributed by atoms with E-state index in [0.717, 1.165) is 3.57 Å². The molecule has 0 fully saturated rings. The minimum atomic E-state index is -0.424. The second-order valence-corrected chi connectivity index (χ2v) is 5.90. The summed E-state index contributed by atoms with van der Waals surface area (Å²) < 4.78 is 5.81. The molecule has 0 aliphatic heterocycles. The molecule has 2 rings (SSSR count). The predicted molar refractivity (Wildman–Crippen MR) is 87.4 cm³/mol. The van der Waals surface area contributed by atoms with Crippen LogP contribution in [0.1, 0.15) is 27.6 Å². The molecular formula is C14H12INO3S. The fraction of sp³-hybridized carbons (Fsp3) is 0.143. The molecule has 0 bridgehead atoms. The predicted octanol–water partition coefficient (Wildman–Crippen LogP) is 3.78. The molecule has 0 unspecified atom stereocenters. The first-order valence-corrected chi connectivity index (χ1v) is 7.89. The topological polar surface area (TPSA) is 55.4 Å². The average Bonchev–Trinajstić information content (AvgIpc) is 2.87. The third-order valence-corrected chi connectivity index (χ3v) is 4.28. The van der Waals surface area contributed by atoms with Gasteiger partial charge in [-0.15, -0.1) is 11.3 Å². The number of carbonyl (C=O) groups excluding carboxylic acids is 2. The van der Waals surface area contributed by atoms with Gasteiger partial charge in [0.1, 0.15) is 5.00 Å². The number of nitrogens with one attached hydrogen (secondary N) is 1. The van der Waals surface area contributed by atoms with E-state index < -0.39 is 5.97 Å². The standard InChI is InChI=1S/C14H12INO3S/c1-2-19-14(18)10-7-8-20-13(10)16-12(17)9-5-3-4-6-11(9)15/h3-8H,2H2,1H3,(H,16,17). The van der Waals surface area contributed by atoms with Gasteiger partial charge in [-0.2, -0.15) is 0 Å². The molecular weight excluding hydrogens is 389 g/mol. The number of anilines is 1. The van der Waals surface area contributed by atoms with Gasteiger partial charge < -0.3 is 10.1 Å². The number of ether oxygens (including phenoxy) is 1. The molecule has 6 heteroatoms. The number of thiophene rings is 1. The lowest BCUT2D eigenvalue weighted by molar-refractivity contribution is 0.0528. The first kappa shape index (κ1) is 15.0. The van der Waals surface area contributed by atoms with Gasteiger partial charge in [-0.05, 0) is 53.1 Å². The fourth-order valence-corrected chi connectivity index (χ4v) is 2.99. The van der Waals surface area contributed by atoms with E-state index in [0.29, 0.717) is 22.7 Å². The first-order chi connectivity index (χ1) is 9.63. The summed E-state index contributed by atoms with van der Waals surface area (Å²) >= 11 is 3.40. The van der Waals surface area contributed by atoms with Crippen LogP contribution in [0.4, 0.5) is 5.00 Å². The number of hydrogen-bond donors (Lipinski definition) is 1. The van der Waals surface area contributed by atoms with Crippen molar-refractivity contribution in [3.8, 4) is 0 Å². The Kier molecular flexibility index (Phi) is 5.13. The SMILES string of the molecule is CCOC(=O)c1ccsc1NC(=O)c1ccccc1I. The number of rotatable bonds is 4. The van der Waals surface area contributed by atoms with Crippen molar-refractivity contribution in [2.45, 2.75) is 6.92 Å². The maximum absolute atomic E-state index is 12.2. The highest BCUT2D eigenvalue weighted by Crippen LogP contribution is 2.25. The third-order valence-electron chi connectivity index (χ3n) is 2.51. The third kappa shape index (κ3) is 3.37. The molecule has 1 aromatic carbocycles. The average molecular weight is 401 g/mol. The Labute approximate surface area is 134 Å². The van der Waals surface area contributed by atoms with Crippen LogP contribution in [0.5, 0.6) is 0 Å². The van der Waals surface area contributed by atoms with E-state index in [1.807, 2.05) is 12.1 Å². The van der Waals surface area contributed by atoms with Gasteiger partial charge in [0, 0.05) is 3.57 Å². The molecule has 0 spiro atoms. The van der Waals surface area contributed by atoms with E-state index in [-0.39, 0.29) is 5.91 Å². The summed E-state index contributed by atoms with van der Waals surface area (Å²) in [6.45, 7) is 2.05. The van der Waals surface area contributed by atoms with Gasteiger partial charge in [0.15, 0.2) is 0 Å². The van der Waals surface area contributed by atoms with Crippen LogP contribution in [-0.4, -0.2) is 18.5 Å². The maximum Gasteiger partial charge on any atom is 0.341 e. The van der Waals surface area contributed by atoms with Crippen LogP contribution in [-0.2, 0) is 4.74 Å². The second-order valence-electron chi connectivity index (χ2n) is 3.82. The summed E-state index contributed by atoms with van der Waals surface area (Å²) in [7, 11) is 0. The molecule has 104 valence electrons. The Morgan fingerprint density at radius 2 is 2.00 bits per heavy atom. The molecule has 20 heavy (non-hydrogen) atoms. The van der Waals surface area contributed by atoms with Crippen LogP contribution >= 0.6 is 33.9 Å². The van der Waals surface area contributed by atoms with E-state index in [1.165, 1.54) is 11.3 Å². The Balaban J connectivity index is 2.19. The largest absolute Gasteiger partial charge is 0.462 e. The number of esters is 1. The number of carbonyl (C=O) groups is 2. The minimum absolute atomic E-state index is 0.233. The molecule has 0 radical (unpaired) electrons. The zero-order valence-electron chi connectivity index (χ0n) is 10.7. The van der Waals surface area contributed by atoms with Crippen LogP contribution in [0.15, 0.2) is 35.7 Å². The zero-order chi connectivity index (χ0) is 14.5. The fourth-order valence-electron chi connectivity index (χ4n) is 1.59. The van der Waals surface area contributed by atoms with Gasteiger partial charge >= 0.3 is 5.97 Å². The molecule has 0 aliphatic rings. The zero-order valence-corrected chi connectivity index (χ0v) is 13.7. The van der Waals surface area contributed by atoms with Gasteiger partial charge in [-0.3, -0.25) is 4.79 Å². The number of hydrogen-bond acceptors (Lipinski definition) is 4. The summed E-state index contributed by atoms with van der Waals surface area (Å²) in [6, 6.07) is 8.92. The number of amides is 1. The summed E-state index contributed by atoms with van der Waals surface area (Å²) in [5.74, 6) is -0.658. The molecule has 1 aromatic heterocycles. The van der Waals surface area contributed by atoms with Gasteiger partial charge in [-0.25, -0.2) is 4.79 Å². The van der Waals surface area contributed by atoms with Crippen LogP contribution < -0.4 is 5.32 Å². The van der Waals surface area contributed by atoms with E-state index in [1.54, 1.807) is 30.5 Å². The second kappa shape index (κ2) is 6.85.